The average molecular weight is 471 g/mol. The predicted octanol–water partition coefficient (Wildman–Crippen LogP) is 7.08. The molecule has 0 radical (unpaired) electrons. The number of hydrogen-bond donors (Lipinski definition) is 0. The molecule has 2 saturated heterocycles. The summed E-state index contributed by atoms with van der Waals surface area (Å²) in [7, 11) is 0. The van der Waals surface area contributed by atoms with E-state index >= 15 is 8.78 Å². The summed E-state index contributed by atoms with van der Waals surface area (Å²) in [5.74, 6) is 0.911. The van der Waals surface area contributed by atoms with Crippen LogP contribution in [0, 0.1) is 35.5 Å². The Kier molecular flexibility index (Phi) is 5.92. The predicted molar refractivity (Wildman–Crippen MR) is 131 cm³/mol. The molecule has 34 heavy (non-hydrogen) atoms. The molecule has 2 aliphatic heterocycles. The number of hydrogen-bond acceptors (Lipinski definition) is 2. The second-order valence-electron chi connectivity index (χ2n) is 12.4. The zero-order valence-corrected chi connectivity index (χ0v) is 21.2. The van der Waals surface area contributed by atoms with E-state index in [4.69, 9.17) is 9.47 Å². The Hall–Kier alpha value is -1.26. The maximum atomic E-state index is 16.4. The van der Waals surface area contributed by atoms with Crippen LogP contribution < -0.4 is 0 Å². The molecule has 2 fully saturated rings. The Bertz CT molecular complexity index is 896. The molecular weight excluding hydrogens is 430 g/mol. The van der Waals surface area contributed by atoms with Crippen molar-refractivity contribution in [2.45, 2.75) is 90.8 Å². The first-order chi connectivity index (χ1) is 16.3. The highest BCUT2D eigenvalue weighted by Crippen LogP contribution is 2.55. The Labute approximate surface area is 203 Å². The first-order valence-electron chi connectivity index (χ1n) is 13.7. The molecule has 2 heterocycles. The van der Waals surface area contributed by atoms with Crippen molar-refractivity contribution in [3.05, 3.63) is 45.6 Å². The molecule has 0 aromatic rings. The van der Waals surface area contributed by atoms with Crippen LogP contribution in [0.5, 0.6) is 0 Å². The van der Waals surface area contributed by atoms with Gasteiger partial charge in [-0.3, -0.25) is 0 Å². The van der Waals surface area contributed by atoms with Gasteiger partial charge in [0, 0.05) is 25.0 Å². The molecular formula is C30H40F2O2. The lowest BCUT2D eigenvalue weighted by Gasteiger charge is -2.51. The number of halogens is 2. The molecule has 4 heteroatoms. The molecule has 6 rings (SSSR count). The third kappa shape index (κ3) is 3.61. The lowest BCUT2D eigenvalue weighted by atomic mass is 9.59. The standard InChI is InChI=1S/C30H40F2O2/c1-15-9-21-7-5-19-11-17(3)27(31)25(23(19)29(21)33-13-15)26-24-20(12-18(4)28(26)32)6-8-22-10-16(2)14-34-30(22)24/h11-12,15-16,21-22,25-30H,5-10,13-14H2,1-4H3/t15?,16?,21?,22?,25-,26?,27?,28?,29?,30-/m0/s1. The van der Waals surface area contributed by atoms with Crippen molar-refractivity contribution in [1.82, 2.24) is 0 Å². The van der Waals surface area contributed by atoms with Gasteiger partial charge in [0.2, 0.25) is 0 Å². The maximum Gasteiger partial charge on any atom is 0.128 e. The summed E-state index contributed by atoms with van der Waals surface area (Å²) in [6.45, 7) is 9.71. The van der Waals surface area contributed by atoms with Crippen molar-refractivity contribution in [3.63, 3.8) is 0 Å². The van der Waals surface area contributed by atoms with Crippen molar-refractivity contribution in [2.75, 3.05) is 13.2 Å². The largest absolute Gasteiger partial charge is 0.373 e. The minimum absolute atomic E-state index is 0.0679. The number of ether oxygens (including phenoxy) is 2. The Morgan fingerprint density at radius 3 is 1.53 bits per heavy atom. The SMILES string of the molecule is CC1=CC2=C(C([C@@H]3C4=C(C=C(C)C3F)CCC3CC(C)COC43)C1F)[C@H]1OCC(C)CC1CC2. The van der Waals surface area contributed by atoms with Crippen molar-refractivity contribution >= 4 is 0 Å². The first-order valence-corrected chi connectivity index (χ1v) is 13.7. The van der Waals surface area contributed by atoms with Crippen LogP contribution in [0.1, 0.15) is 66.2 Å². The lowest BCUT2D eigenvalue weighted by molar-refractivity contribution is -0.0594. The lowest BCUT2D eigenvalue weighted by Crippen LogP contribution is -2.50. The molecule has 8 unspecified atom stereocenters. The molecule has 0 N–H and O–H groups in total. The van der Waals surface area contributed by atoms with Gasteiger partial charge in [0.15, 0.2) is 0 Å². The number of allylic oxidation sites excluding steroid dienone is 6. The normalized spacial score (nSPS) is 46.6. The van der Waals surface area contributed by atoms with Gasteiger partial charge in [0.1, 0.15) is 12.3 Å². The summed E-state index contributed by atoms with van der Waals surface area (Å²) >= 11 is 0. The summed E-state index contributed by atoms with van der Waals surface area (Å²) < 4.78 is 45.6. The van der Waals surface area contributed by atoms with Gasteiger partial charge in [-0.2, -0.15) is 0 Å². The third-order valence-electron chi connectivity index (χ3n) is 9.72. The molecule has 0 spiro atoms. The first kappa shape index (κ1) is 23.2. The fourth-order valence-corrected chi connectivity index (χ4v) is 8.25. The molecule has 0 saturated carbocycles. The van der Waals surface area contributed by atoms with E-state index in [1.54, 1.807) is 0 Å². The second-order valence-corrected chi connectivity index (χ2v) is 12.4. The molecule has 0 amide bonds. The summed E-state index contributed by atoms with van der Waals surface area (Å²) in [4.78, 5) is 0. The fourth-order valence-electron chi connectivity index (χ4n) is 8.25. The van der Waals surface area contributed by atoms with E-state index < -0.39 is 24.2 Å². The van der Waals surface area contributed by atoms with Crippen LogP contribution in [0.2, 0.25) is 0 Å². The zero-order valence-electron chi connectivity index (χ0n) is 21.2. The van der Waals surface area contributed by atoms with Gasteiger partial charge in [0.25, 0.3) is 0 Å². The Morgan fingerprint density at radius 1 is 0.706 bits per heavy atom. The van der Waals surface area contributed by atoms with E-state index in [-0.39, 0.29) is 12.2 Å². The number of alkyl halides is 2. The maximum absolute atomic E-state index is 16.4. The van der Waals surface area contributed by atoms with E-state index in [0.717, 1.165) is 60.8 Å². The van der Waals surface area contributed by atoms with Gasteiger partial charge in [-0.15, -0.1) is 0 Å². The van der Waals surface area contributed by atoms with E-state index in [9.17, 15) is 0 Å². The van der Waals surface area contributed by atoms with Crippen LogP contribution in [0.15, 0.2) is 45.6 Å². The van der Waals surface area contributed by atoms with Crippen molar-refractivity contribution in [1.29, 1.82) is 0 Å². The highest BCUT2D eigenvalue weighted by molar-refractivity contribution is 5.48. The van der Waals surface area contributed by atoms with Crippen molar-refractivity contribution < 1.29 is 18.3 Å². The number of rotatable bonds is 1. The summed E-state index contributed by atoms with van der Waals surface area (Å²) in [6, 6.07) is 0. The average Bonchev–Trinajstić information content (AvgIpc) is 2.81. The van der Waals surface area contributed by atoms with Crippen LogP contribution in [-0.2, 0) is 9.47 Å². The Morgan fingerprint density at radius 2 is 1.12 bits per heavy atom. The molecule has 2 nitrogen and oxygen atoms in total. The zero-order chi connectivity index (χ0) is 23.7. The van der Waals surface area contributed by atoms with Gasteiger partial charge in [0.05, 0.1) is 12.2 Å². The van der Waals surface area contributed by atoms with Crippen LogP contribution in [0.4, 0.5) is 8.78 Å². The van der Waals surface area contributed by atoms with Crippen molar-refractivity contribution in [3.8, 4) is 0 Å². The van der Waals surface area contributed by atoms with Crippen molar-refractivity contribution in [2.24, 2.45) is 35.5 Å². The minimum Gasteiger partial charge on any atom is -0.373 e. The number of fused-ring (bicyclic) bond motifs is 4. The van der Waals surface area contributed by atoms with E-state index in [1.807, 2.05) is 13.8 Å². The van der Waals surface area contributed by atoms with Crippen LogP contribution in [0.25, 0.3) is 0 Å². The summed E-state index contributed by atoms with van der Waals surface area (Å²) in [5.41, 5.74) is 6.11. The second kappa shape index (κ2) is 8.69. The van der Waals surface area contributed by atoms with Crippen LogP contribution >= 0.6 is 0 Å². The monoisotopic (exact) mass is 470 g/mol. The minimum atomic E-state index is -1.17. The van der Waals surface area contributed by atoms with Gasteiger partial charge in [-0.05, 0) is 109 Å². The molecule has 0 aromatic heterocycles. The van der Waals surface area contributed by atoms with Gasteiger partial charge < -0.3 is 9.47 Å². The van der Waals surface area contributed by atoms with Gasteiger partial charge in [-0.25, -0.2) is 8.78 Å². The van der Waals surface area contributed by atoms with E-state index in [1.165, 1.54) is 11.1 Å². The van der Waals surface area contributed by atoms with Crippen LogP contribution in [0.3, 0.4) is 0 Å². The highest BCUT2D eigenvalue weighted by atomic mass is 19.1. The molecule has 4 aliphatic carbocycles. The van der Waals surface area contributed by atoms with E-state index in [2.05, 4.69) is 26.0 Å². The van der Waals surface area contributed by atoms with Gasteiger partial charge >= 0.3 is 0 Å². The smallest absolute Gasteiger partial charge is 0.128 e. The molecule has 186 valence electrons. The molecule has 10 atom stereocenters. The Balaban J connectivity index is 1.46. The summed E-state index contributed by atoms with van der Waals surface area (Å²) in [6.07, 6.45) is 7.96. The molecule has 0 aromatic carbocycles. The molecule has 0 bridgehead atoms. The fraction of sp³-hybridized carbons (Fsp3) is 0.733. The highest BCUT2D eigenvalue weighted by Gasteiger charge is 2.53. The summed E-state index contributed by atoms with van der Waals surface area (Å²) in [5, 5.41) is 0. The van der Waals surface area contributed by atoms with Crippen LogP contribution in [-0.4, -0.2) is 37.8 Å². The third-order valence-corrected chi connectivity index (χ3v) is 9.72. The topological polar surface area (TPSA) is 18.5 Å². The quantitative estimate of drug-likeness (QED) is 0.408. The van der Waals surface area contributed by atoms with Gasteiger partial charge in [-0.1, -0.05) is 26.0 Å². The van der Waals surface area contributed by atoms with E-state index in [0.29, 0.717) is 36.9 Å². The molecule has 6 aliphatic rings.